The number of carbonyl (C=O) groups is 2. The summed E-state index contributed by atoms with van der Waals surface area (Å²) in [6.07, 6.45) is 1.64. The summed E-state index contributed by atoms with van der Waals surface area (Å²) < 4.78 is 0. The van der Waals surface area contributed by atoms with Gasteiger partial charge in [0.1, 0.15) is 5.76 Å². The van der Waals surface area contributed by atoms with Gasteiger partial charge >= 0.3 is 0 Å². The number of aliphatic hydroxyl groups excluding tert-OH is 1. The first-order valence-electron chi connectivity index (χ1n) is 11.4. The second kappa shape index (κ2) is 9.59. The molecule has 33 heavy (non-hydrogen) atoms. The summed E-state index contributed by atoms with van der Waals surface area (Å²) in [4.78, 5) is 30.0. The highest BCUT2D eigenvalue weighted by molar-refractivity contribution is 6.46. The van der Waals surface area contributed by atoms with Gasteiger partial charge in [0.05, 0.1) is 11.6 Å². The van der Waals surface area contributed by atoms with E-state index in [0.29, 0.717) is 12.1 Å². The van der Waals surface area contributed by atoms with Crippen LogP contribution < -0.4 is 0 Å². The third-order valence-electron chi connectivity index (χ3n) is 6.29. The van der Waals surface area contributed by atoms with Crippen molar-refractivity contribution in [3.8, 4) is 0 Å². The number of Topliss-reactive ketones (excluding diaryl/α,β-unsaturated/α-hetero) is 1. The molecule has 5 nitrogen and oxygen atoms in total. The van der Waals surface area contributed by atoms with E-state index in [1.807, 2.05) is 74.8 Å². The second-order valence-corrected chi connectivity index (χ2v) is 8.77. The number of likely N-dealkylation sites (tertiary alicyclic amines) is 1. The molecule has 0 radical (unpaired) electrons. The molecule has 1 atom stereocenters. The summed E-state index contributed by atoms with van der Waals surface area (Å²) in [6.45, 7) is 3.33. The summed E-state index contributed by atoms with van der Waals surface area (Å²) in [5.74, 6) is -1.31. The standard InChI is InChI=1S/C28H30N2O3/c1-4-19-13-15-21(16-14-19)25-24(27(32)28(33)30(25)18-8-17-29(2)3)26(31)23-12-7-10-20-9-5-6-11-22(20)23/h5-7,9-16,25,31H,4,8,17-18H2,1-3H3/b26-24-. The minimum Gasteiger partial charge on any atom is -0.507 e. The van der Waals surface area contributed by atoms with Crippen molar-refractivity contribution in [2.24, 2.45) is 0 Å². The number of ketones is 1. The number of hydrogen-bond acceptors (Lipinski definition) is 4. The van der Waals surface area contributed by atoms with Crippen LogP contribution in [0.4, 0.5) is 0 Å². The average Bonchev–Trinajstić information content (AvgIpc) is 3.08. The highest BCUT2D eigenvalue weighted by Crippen LogP contribution is 2.40. The van der Waals surface area contributed by atoms with Crippen molar-refractivity contribution in [3.05, 3.63) is 89.0 Å². The molecular weight excluding hydrogens is 412 g/mol. The Hall–Kier alpha value is -3.44. The Morgan fingerprint density at radius 2 is 1.67 bits per heavy atom. The molecule has 0 saturated carbocycles. The summed E-state index contributed by atoms with van der Waals surface area (Å²) in [6, 6.07) is 20.7. The lowest BCUT2D eigenvalue weighted by molar-refractivity contribution is -0.139. The van der Waals surface area contributed by atoms with E-state index in [2.05, 4.69) is 11.8 Å². The monoisotopic (exact) mass is 442 g/mol. The van der Waals surface area contributed by atoms with Crippen molar-refractivity contribution in [1.82, 2.24) is 9.80 Å². The van der Waals surface area contributed by atoms with Gasteiger partial charge in [-0.3, -0.25) is 9.59 Å². The van der Waals surface area contributed by atoms with Gasteiger partial charge in [-0.1, -0.05) is 73.7 Å². The average molecular weight is 443 g/mol. The summed E-state index contributed by atoms with van der Waals surface area (Å²) >= 11 is 0. The molecule has 0 aliphatic carbocycles. The second-order valence-electron chi connectivity index (χ2n) is 8.77. The predicted octanol–water partition coefficient (Wildman–Crippen LogP) is 4.78. The molecule has 1 aliphatic rings. The third kappa shape index (κ3) is 4.41. The topological polar surface area (TPSA) is 60.9 Å². The Morgan fingerprint density at radius 3 is 2.36 bits per heavy atom. The van der Waals surface area contributed by atoms with Gasteiger partial charge in [-0.2, -0.15) is 0 Å². The number of hydrogen-bond donors (Lipinski definition) is 1. The zero-order chi connectivity index (χ0) is 23.5. The molecule has 0 aromatic heterocycles. The first-order chi connectivity index (χ1) is 15.9. The zero-order valence-corrected chi connectivity index (χ0v) is 19.4. The Kier molecular flexibility index (Phi) is 6.61. The van der Waals surface area contributed by atoms with Crippen LogP contribution >= 0.6 is 0 Å². The van der Waals surface area contributed by atoms with Gasteiger partial charge in [0.25, 0.3) is 11.7 Å². The number of nitrogens with zero attached hydrogens (tertiary/aromatic N) is 2. The van der Waals surface area contributed by atoms with Crippen LogP contribution in [0.25, 0.3) is 16.5 Å². The van der Waals surface area contributed by atoms with Crippen molar-refractivity contribution in [2.75, 3.05) is 27.2 Å². The van der Waals surface area contributed by atoms with Crippen molar-refractivity contribution < 1.29 is 14.7 Å². The number of aryl methyl sites for hydroxylation is 1. The lowest BCUT2D eigenvalue weighted by atomic mass is 9.93. The Morgan fingerprint density at radius 1 is 0.970 bits per heavy atom. The van der Waals surface area contributed by atoms with Gasteiger partial charge in [-0.25, -0.2) is 0 Å². The molecule has 1 unspecified atom stereocenters. The molecule has 0 bridgehead atoms. The van der Waals surface area contributed by atoms with Crippen LogP contribution in [0.5, 0.6) is 0 Å². The number of carbonyl (C=O) groups excluding carboxylic acids is 2. The Labute approximate surface area is 194 Å². The van der Waals surface area contributed by atoms with Gasteiger partial charge in [-0.15, -0.1) is 0 Å². The molecule has 1 aliphatic heterocycles. The molecule has 5 heteroatoms. The van der Waals surface area contributed by atoms with E-state index in [0.717, 1.165) is 35.7 Å². The zero-order valence-electron chi connectivity index (χ0n) is 19.4. The molecule has 170 valence electrons. The number of amides is 1. The Balaban J connectivity index is 1.86. The predicted molar refractivity (Wildman–Crippen MR) is 132 cm³/mol. The fraction of sp³-hybridized carbons (Fsp3) is 0.286. The fourth-order valence-corrected chi connectivity index (χ4v) is 4.53. The van der Waals surface area contributed by atoms with Crippen LogP contribution in [0.15, 0.2) is 72.3 Å². The molecule has 0 spiro atoms. The maximum absolute atomic E-state index is 13.3. The number of benzene rings is 3. The van der Waals surface area contributed by atoms with Crippen LogP contribution in [0.3, 0.4) is 0 Å². The van der Waals surface area contributed by atoms with Crippen LogP contribution in [0.1, 0.15) is 36.1 Å². The first-order valence-corrected chi connectivity index (χ1v) is 11.4. The summed E-state index contributed by atoms with van der Waals surface area (Å²) in [7, 11) is 3.96. The van der Waals surface area contributed by atoms with E-state index in [-0.39, 0.29) is 11.3 Å². The van der Waals surface area contributed by atoms with E-state index in [9.17, 15) is 14.7 Å². The van der Waals surface area contributed by atoms with Gasteiger partial charge in [0, 0.05) is 12.1 Å². The maximum Gasteiger partial charge on any atom is 0.295 e. The quantitative estimate of drug-likeness (QED) is 0.325. The van der Waals surface area contributed by atoms with E-state index in [4.69, 9.17) is 0 Å². The van der Waals surface area contributed by atoms with Crippen molar-refractivity contribution in [1.29, 1.82) is 0 Å². The lowest BCUT2D eigenvalue weighted by Gasteiger charge is -2.26. The smallest absolute Gasteiger partial charge is 0.295 e. The van der Waals surface area contributed by atoms with E-state index < -0.39 is 17.7 Å². The minimum absolute atomic E-state index is 0.121. The molecule has 3 aromatic rings. The van der Waals surface area contributed by atoms with Gasteiger partial charge in [0.15, 0.2) is 0 Å². The van der Waals surface area contributed by atoms with Crippen LogP contribution in [-0.2, 0) is 16.0 Å². The normalized spacial score (nSPS) is 17.9. The lowest BCUT2D eigenvalue weighted by Crippen LogP contribution is -2.32. The van der Waals surface area contributed by atoms with Crippen LogP contribution in [0, 0.1) is 0 Å². The van der Waals surface area contributed by atoms with E-state index in [1.54, 1.807) is 11.0 Å². The summed E-state index contributed by atoms with van der Waals surface area (Å²) in [5, 5.41) is 13.2. The van der Waals surface area contributed by atoms with Crippen LogP contribution in [0.2, 0.25) is 0 Å². The van der Waals surface area contributed by atoms with E-state index >= 15 is 0 Å². The van der Waals surface area contributed by atoms with Crippen molar-refractivity contribution in [3.63, 3.8) is 0 Å². The maximum atomic E-state index is 13.3. The van der Waals surface area contributed by atoms with Crippen molar-refractivity contribution in [2.45, 2.75) is 25.8 Å². The molecular formula is C28H30N2O3. The van der Waals surface area contributed by atoms with Crippen molar-refractivity contribution >= 4 is 28.2 Å². The molecule has 1 amide bonds. The molecule has 1 heterocycles. The van der Waals surface area contributed by atoms with Crippen LogP contribution in [-0.4, -0.2) is 53.8 Å². The first kappa shape index (κ1) is 22.7. The van der Waals surface area contributed by atoms with Gasteiger partial charge < -0.3 is 14.9 Å². The Bertz CT molecular complexity index is 1210. The third-order valence-corrected chi connectivity index (χ3v) is 6.29. The fourth-order valence-electron chi connectivity index (χ4n) is 4.53. The number of rotatable bonds is 7. The molecule has 1 saturated heterocycles. The molecule has 4 rings (SSSR count). The molecule has 3 aromatic carbocycles. The largest absolute Gasteiger partial charge is 0.507 e. The molecule has 1 fully saturated rings. The highest BCUT2D eigenvalue weighted by Gasteiger charge is 2.45. The highest BCUT2D eigenvalue weighted by atomic mass is 16.3. The number of aliphatic hydroxyl groups is 1. The number of fused-ring (bicyclic) bond motifs is 1. The van der Waals surface area contributed by atoms with Gasteiger partial charge in [0.2, 0.25) is 0 Å². The van der Waals surface area contributed by atoms with E-state index in [1.165, 1.54) is 5.56 Å². The summed E-state index contributed by atoms with van der Waals surface area (Å²) in [5.41, 5.74) is 2.73. The van der Waals surface area contributed by atoms with Gasteiger partial charge in [-0.05, 0) is 55.4 Å². The minimum atomic E-state index is -0.630. The SMILES string of the molecule is CCc1ccc(C2/C(=C(/O)c3cccc4ccccc34)C(=O)C(=O)N2CCCN(C)C)cc1. The molecule has 1 N–H and O–H groups in total.